The molecule has 0 saturated heterocycles. The van der Waals surface area contributed by atoms with Crippen molar-refractivity contribution in [3.8, 4) is 0 Å². The van der Waals surface area contributed by atoms with Gasteiger partial charge in [-0.05, 0) is 17.8 Å². The molecular weight excluding hydrogens is 176 g/mol. The summed E-state index contributed by atoms with van der Waals surface area (Å²) in [6, 6.07) is 11.1. The number of benzene rings is 1. The molecule has 0 aromatic heterocycles. The van der Waals surface area contributed by atoms with E-state index in [1.54, 1.807) is 0 Å². The number of hydrogen-bond acceptors (Lipinski definition) is 1. The van der Waals surface area contributed by atoms with Crippen molar-refractivity contribution in [2.75, 3.05) is 0 Å². The van der Waals surface area contributed by atoms with Crippen molar-refractivity contribution in [3.63, 3.8) is 0 Å². The Labute approximate surface area is 81.6 Å². The molecule has 0 heterocycles. The number of unbranched alkanes of at least 4 members (excludes halogenated alkanes) is 1. The minimum absolute atomic E-state index is 0.980. The van der Waals surface area contributed by atoms with Gasteiger partial charge in [0.05, 0.1) is 0 Å². The van der Waals surface area contributed by atoms with Crippen LogP contribution in [0.1, 0.15) is 19.8 Å². The molecule has 2 heteroatoms. The largest absolute Gasteiger partial charge is 0.428 e. The van der Waals surface area contributed by atoms with Gasteiger partial charge in [0.15, 0.2) is 0 Å². The van der Waals surface area contributed by atoms with Crippen LogP contribution in [0, 0.1) is 0 Å². The zero-order chi connectivity index (χ0) is 9.73. The van der Waals surface area contributed by atoms with Gasteiger partial charge in [-0.15, -0.1) is 0 Å². The second kappa shape index (κ2) is 4.58. The van der Waals surface area contributed by atoms with E-state index in [9.17, 15) is 4.80 Å². The van der Waals surface area contributed by atoms with E-state index in [4.69, 9.17) is 0 Å². The summed E-state index contributed by atoms with van der Waals surface area (Å²) in [4.78, 5) is 10.3. The lowest BCUT2D eigenvalue weighted by atomic mass is 10.4. The fourth-order valence-electron chi connectivity index (χ4n) is 1.46. The summed E-state index contributed by atoms with van der Waals surface area (Å²) < 4.78 is 0. The quantitative estimate of drug-likeness (QED) is 0.729. The van der Waals surface area contributed by atoms with E-state index >= 15 is 0 Å². The molecule has 0 fully saturated rings. The molecule has 0 aliphatic rings. The number of hydrogen-bond donors (Lipinski definition) is 1. The maximum atomic E-state index is 10.3. The van der Waals surface area contributed by atoms with Crippen LogP contribution in [-0.2, 0) is 0 Å². The summed E-state index contributed by atoms with van der Waals surface area (Å²) >= 11 is 0. The van der Waals surface area contributed by atoms with Crippen molar-refractivity contribution >= 4 is 13.5 Å². The first-order chi connectivity index (χ1) is 6.17. The van der Waals surface area contributed by atoms with E-state index in [-0.39, 0.29) is 0 Å². The number of rotatable bonds is 4. The van der Waals surface area contributed by atoms with Crippen molar-refractivity contribution in [1.29, 1.82) is 0 Å². The van der Waals surface area contributed by atoms with Gasteiger partial charge in [0, 0.05) is 0 Å². The van der Waals surface area contributed by atoms with Crippen LogP contribution in [0.5, 0.6) is 0 Å². The van der Waals surface area contributed by atoms with Crippen LogP contribution in [0.2, 0.25) is 12.6 Å². The van der Waals surface area contributed by atoms with Crippen molar-refractivity contribution < 1.29 is 4.80 Å². The molecule has 72 valence electrons. The zero-order valence-corrected chi connectivity index (χ0v) is 9.46. The van der Waals surface area contributed by atoms with Gasteiger partial charge in [-0.25, -0.2) is 0 Å². The van der Waals surface area contributed by atoms with Gasteiger partial charge in [0.25, 0.3) is 0 Å². The monoisotopic (exact) mass is 194 g/mol. The Balaban J connectivity index is 2.69. The summed E-state index contributed by atoms with van der Waals surface area (Å²) in [5.41, 5.74) is 0. The Morgan fingerprint density at radius 1 is 1.23 bits per heavy atom. The topological polar surface area (TPSA) is 20.2 Å². The van der Waals surface area contributed by atoms with Gasteiger partial charge in [0.2, 0.25) is 8.32 Å². The predicted octanol–water partition coefficient (Wildman–Crippen LogP) is 2.26. The van der Waals surface area contributed by atoms with Gasteiger partial charge in [-0.1, -0.05) is 50.1 Å². The Morgan fingerprint density at radius 2 is 1.85 bits per heavy atom. The SMILES string of the molecule is CCCC[Si](C)(O)c1ccccc1. The van der Waals surface area contributed by atoms with Crippen LogP contribution in [0.3, 0.4) is 0 Å². The van der Waals surface area contributed by atoms with E-state index in [1.165, 1.54) is 0 Å². The molecule has 0 spiro atoms. The first-order valence-electron chi connectivity index (χ1n) is 4.94. The molecule has 1 aromatic carbocycles. The standard InChI is InChI=1S/C11H18OSi/c1-3-4-10-13(2,12)11-8-6-5-7-9-11/h5-9,12H,3-4,10H2,1-2H3. The molecule has 0 aliphatic carbocycles. The highest BCUT2D eigenvalue weighted by Gasteiger charge is 2.25. The van der Waals surface area contributed by atoms with Crippen molar-refractivity contribution in [1.82, 2.24) is 0 Å². The second-order valence-corrected chi connectivity index (χ2v) is 7.37. The van der Waals surface area contributed by atoms with E-state index in [0.717, 1.165) is 24.1 Å². The fraction of sp³-hybridized carbons (Fsp3) is 0.455. The molecule has 13 heavy (non-hydrogen) atoms. The minimum atomic E-state index is -2.10. The van der Waals surface area contributed by atoms with E-state index in [0.29, 0.717) is 0 Å². The van der Waals surface area contributed by atoms with E-state index < -0.39 is 8.32 Å². The lowest BCUT2D eigenvalue weighted by Crippen LogP contribution is -2.44. The lowest BCUT2D eigenvalue weighted by Gasteiger charge is -2.20. The third kappa shape index (κ3) is 2.97. The maximum Gasteiger partial charge on any atom is 0.216 e. The first-order valence-corrected chi connectivity index (χ1v) is 7.60. The van der Waals surface area contributed by atoms with E-state index in [2.05, 4.69) is 6.92 Å². The van der Waals surface area contributed by atoms with Crippen LogP contribution in [0.25, 0.3) is 0 Å². The Bertz CT molecular complexity index is 244. The summed E-state index contributed by atoms with van der Waals surface area (Å²) in [6.07, 6.45) is 2.30. The van der Waals surface area contributed by atoms with E-state index in [1.807, 2.05) is 36.9 Å². The molecule has 0 bridgehead atoms. The molecule has 1 atom stereocenters. The summed E-state index contributed by atoms with van der Waals surface area (Å²) in [5.74, 6) is 0. The Hall–Kier alpha value is -0.603. The molecule has 0 amide bonds. The summed E-state index contributed by atoms with van der Waals surface area (Å²) in [5, 5.41) is 1.16. The molecule has 1 rings (SSSR count). The van der Waals surface area contributed by atoms with Crippen LogP contribution in [0.15, 0.2) is 30.3 Å². The highest BCUT2D eigenvalue weighted by Crippen LogP contribution is 2.10. The average Bonchev–Trinajstić information content (AvgIpc) is 2.16. The fourth-order valence-corrected chi connectivity index (χ4v) is 3.70. The van der Waals surface area contributed by atoms with Gasteiger partial charge in [-0.3, -0.25) is 0 Å². The van der Waals surface area contributed by atoms with Crippen molar-refractivity contribution in [3.05, 3.63) is 30.3 Å². The Kier molecular flexibility index (Phi) is 3.69. The Morgan fingerprint density at radius 3 is 2.38 bits per heavy atom. The van der Waals surface area contributed by atoms with Gasteiger partial charge in [0.1, 0.15) is 0 Å². The van der Waals surface area contributed by atoms with Crippen LogP contribution >= 0.6 is 0 Å². The van der Waals surface area contributed by atoms with Gasteiger partial charge in [-0.2, -0.15) is 0 Å². The maximum absolute atomic E-state index is 10.3. The summed E-state index contributed by atoms with van der Waals surface area (Å²) in [7, 11) is -2.10. The molecule has 1 N–H and O–H groups in total. The first kappa shape index (κ1) is 10.5. The predicted molar refractivity (Wildman–Crippen MR) is 59.6 cm³/mol. The highest BCUT2D eigenvalue weighted by molar-refractivity contribution is 6.84. The summed E-state index contributed by atoms with van der Waals surface area (Å²) in [6.45, 7) is 4.19. The molecule has 0 radical (unpaired) electrons. The molecule has 1 nitrogen and oxygen atoms in total. The van der Waals surface area contributed by atoms with Crippen LogP contribution < -0.4 is 5.19 Å². The van der Waals surface area contributed by atoms with Crippen LogP contribution in [0.4, 0.5) is 0 Å². The van der Waals surface area contributed by atoms with Gasteiger partial charge < -0.3 is 4.80 Å². The lowest BCUT2D eigenvalue weighted by molar-refractivity contribution is 0.551. The van der Waals surface area contributed by atoms with Gasteiger partial charge >= 0.3 is 0 Å². The molecular formula is C11H18OSi. The second-order valence-electron chi connectivity index (χ2n) is 3.74. The van der Waals surface area contributed by atoms with Crippen molar-refractivity contribution in [2.24, 2.45) is 0 Å². The third-order valence-electron chi connectivity index (χ3n) is 2.41. The molecule has 0 aliphatic heterocycles. The van der Waals surface area contributed by atoms with Crippen LogP contribution in [-0.4, -0.2) is 13.1 Å². The molecule has 1 aromatic rings. The highest BCUT2D eigenvalue weighted by atomic mass is 28.4. The third-order valence-corrected chi connectivity index (χ3v) is 5.32. The molecule has 1 unspecified atom stereocenters. The van der Waals surface area contributed by atoms with Crippen molar-refractivity contribution in [2.45, 2.75) is 32.4 Å². The molecule has 0 saturated carbocycles. The normalized spacial score (nSPS) is 15.3. The smallest absolute Gasteiger partial charge is 0.216 e. The zero-order valence-electron chi connectivity index (χ0n) is 8.46. The average molecular weight is 194 g/mol. The minimum Gasteiger partial charge on any atom is -0.428 e.